The molecule has 0 spiro atoms. The summed E-state index contributed by atoms with van der Waals surface area (Å²) >= 11 is 5.18. The van der Waals surface area contributed by atoms with Gasteiger partial charge in [0.15, 0.2) is 5.11 Å². The SMILES string of the molecule is O=C1/C(=C\c2cnn(-c3ccccc3)n2)NC(=S)N1c1ccccc1F. The lowest BCUT2D eigenvalue weighted by Crippen LogP contribution is -2.31. The van der Waals surface area contributed by atoms with Gasteiger partial charge in [0, 0.05) is 0 Å². The van der Waals surface area contributed by atoms with Crippen molar-refractivity contribution >= 4 is 35.0 Å². The first kappa shape index (κ1) is 16.1. The van der Waals surface area contributed by atoms with E-state index in [0.29, 0.717) is 5.69 Å². The van der Waals surface area contributed by atoms with Crippen molar-refractivity contribution in [3.8, 4) is 5.69 Å². The molecule has 0 radical (unpaired) electrons. The molecule has 1 aliphatic heterocycles. The highest BCUT2D eigenvalue weighted by molar-refractivity contribution is 7.80. The maximum Gasteiger partial charge on any atom is 0.281 e. The fourth-order valence-corrected chi connectivity index (χ4v) is 2.85. The van der Waals surface area contributed by atoms with Crippen LogP contribution in [-0.2, 0) is 4.79 Å². The zero-order chi connectivity index (χ0) is 18.1. The van der Waals surface area contributed by atoms with Gasteiger partial charge in [-0.2, -0.15) is 9.90 Å². The smallest absolute Gasteiger partial charge is 0.281 e. The molecular weight excluding hydrogens is 353 g/mol. The van der Waals surface area contributed by atoms with Crippen LogP contribution < -0.4 is 10.2 Å². The standard InChI is InChI=1S/C18H12FN5OS/c19-14-8-4-5-9-16(14)23-17(25)15(21-18(23)26)10-12-11-20-24(22-12)13-6-2-1-3-7-13/h1-11H,(H,21,26)/b15-10+. The lowest BCUT2D eigenvalue weighted by Gasteiger charge is -2.14. The predicted octanol–water partition coefficient (Wildman–Crippen LogP) is 2.67. The molecule has 0 saturated carbocycles. The Morgan fingerprint density at radius 3 is 2.58 bits per heavy atom. The topological polar surface area (TPSA) is 63.1 Å². The summed E-state index contributed by atoms with van der Waals surface area (Å²) in [5.41, 5.74) is 1.58. The summed E-state index contributed by atoms with van der Waals surface area (Å²) < 4.78 is 14.0. The Balaban J connectivity index is 1.63. The summed E-state index contributed by atoms with van der Waals surface area (Å²) in [7, 11) is 0. The predicted molar refractivity (Wildman–Crippen MR) is 99.0 cm³/mol. The molecule has 4 rings (SSSR count). The van der Waals surface area contributed by atoms with Crippen LogP contribution in [0.15, 0.2) is 66.5 Å². The summed E-state index contributed by atoms with van der Waals surface area (Å²) in [6, 6.07) is 15.3. The molecular formula is C18H12FN5OS. The van der Waals surface area contributed by atoms with Crippen molar-refractivity contribution in [3.63, 3.8) is 0 Å². The fourth-order valence-electron chi connectivity index (χ4n) is 2.56. The van der Waals surface area contributed by atoms with Gasteiger partial charge in [0.05, 0.1) is 17.6 Å². The van der Waals surface area contributed by atoms with Gasteiger partial charge in [-0.05, 0) is 42.6 Å². The Morgan fingerprint density at radius 2 is 1.81 bits per heavy atom. The van der Waals surface area contributed by atoms with Crippen molar-refractivity contribution in [3.05, 3.63) is 78.0 Å². The quantitative estimate of drug-likeness (QED) is 0.571. The van der Waals surface area contributed by atoms with E-state index in [2.05, 4.69) is 15.5 Å². The number of para-hydroxylation sites is 2. The number of thiocarbonyl (C=S) groups is 1. The molecule has 26 heavy (non-hydrogen) atoms. The van der Waals surface area contributed by atoms with Crippen molar-refractivity contribution in [1.29, 1.82) is 0 Å². The average molecular weight is 365 g/mol. The average Bonchev–Trinajstić information content (AvgIpc) is 3.22. The van der Waals surface area contributed by atoms with Crippen molar-refractivity contribution in [2.24, 2.45) is 0 Å². The first-order valence-electron chi connectivity index (χ1n) is 7.73. The molecule has 2 heterocycles. The molecule has 0 atom stereocenters. The summed E-state index contributed by atoms with van der Waals surface area (Å²) in [5, 5.41) is 11.4. The number of benzene rings is 2. The number of rotatable bonds is 3. The molecule has 128 valence electrons. The second-order valence-corrected chi connectivity index (χ2v) is 5.86. The van der Waals surface area contributed by atoms with Crippen LogP contribution in [0, 0.1) is 5.82 Å². The van der Waals surface area contributed by atoms with Crippen LogP contribution in [0.2, 0.25) is 0 Å². The lowest BCUT2D eigenvalue weighted by molar-refractivity contribution is -0.113. The van der Waals surface area contributed by atoms with Gasteiger partial charge in [-0.25, -0.2) is 9.29 Å². The molecule has 1 amide bonds. The van der Waals surface area contributed by atoms with Crippen molar-refractivity contribution in [2.75, 3.05) is 4.90 Å². The van der Waals surface area contributed by atoms with Gasteiger partial charge in [-0.3, -0.25) is 4.79 Å². The van der Waals surface area contributed by atoms with Gasteiger partial charge in [0.1, 0.15) is 17.2 Å². The van der Waals surface area contributed by atoms with Crippen LogP contribution in [0.1, 0.15) is 5.69 Å². The van der Waals surface area contributed by atoms with Crippen LogP contribution in [0.25, 0.3) is 11.8 Å². The van der Waals surface area contributed by atoms with Gasteiger partial charge >= 0.3 is 0 Å². The Labute approximate surface area is 153 Å². The molecule has 1 aromatic heterocycles. The Bertz CT molecular complexity index is 1030. The number of carbonyl (C=O) groups is 1. The number of hydrogen-bond donors (Lipinski definition) is 1. The monoisotopic (exact) mass is 365 g/mol. The largest absolute Gasteiger partial charge is 0.327 e. The highest BCUT2D eigenvalue weighted by atomic mass is 32.1. The van der Waals surface area contributed by atoms with Crippen molar-refractivity contribution < 1.29 is 9.18 Å². The van der Waals surface area contributed by atoms with E-state index in [9.17, 15) is 9.18 Å². The number of nitrogens with zero attached hydrogens (tertiary/aromatic N) is 4. The zero-order valence-electron chi connectivity index (χ0n) is 13.3. The number of halogens is 1. The molecule has 1 aliphatic rings. The van der Waals surface area contributed by atoms with E-state index in [-0.39, 0.29) is 16.5 Å². The normalized spacial score (nSPS) is 15.6. The van der Waals surface area contributed by atoms with Crippen LogP contribution >= 0.6 is 12.2 Å². The van der Waals surface area contributed by atoms with E-state index < -0.39 is 11.7 Å². The zero-order valence-corrected chi connectivity index (χ0v) is 14.2. The highest BCUT2D eigenvalue weighted by Crippen LogP contribution is 2.24. The summed E-state index contributed by atoms with van der Waals surface area (Å²) in [6.45, 7) is 0. The van der Waals surface area contributed by atoms with Crippen LogP contribution in [0.3, 0.4) is 0 Å². The Kier molecular flexibility index (Phi) is 4.02. The van der Waals surface area contributed by atoms with E-state index in [0.717, 1.165) is 10.6 Å². The summed E-state index contributed by atoms with van der Waals surface area (Å²) in [6.07, 6.45) is 3.06. The van der Waals surface area contributed by atoms with Gasteiger partial charge < -0.3 is 5.32 Å². The minimum Gasteiger partial charge on any atom is -0.327 e. The lowest BCUT2D eigenvalue weighted by atomic mass is 10.2. The second kappa shape index (κ2) is 6.49. The highest BCUT2D eigenvalue weighted by Gasteiger charge is 2.33. The maximum atomic E-state index is 14.0. The fraction of sp³-hybridized carbons (Fsp3) is 0. The molecule has 1 N–H and O–H groups in total. The molecule has 1 fully saturated rings. The molecule has 0 bridgehead atoms. The van der Waals surface area contributed by atoms with Crippen LogP contribution in [-0.4, -0.2) is 26.0 Å². The Morgan fingerprint density at radius 1 is 1.08 bits per heavy atom. The number of hydrogen-bond acceptors (Lipinski definition) is 4. The van der Waals surface area contributed by atoms with Crippen LogP contribution in [0.4, 0.5) is 10.1 Å². The molecule has 1 saturated heterocycles. The summed E-state index contributed by atoms with van der Waals surface area (Å²) in [4.78, 5) is 15.2. The van der Waals surface area contributed by atoms with E-state index in [1.807, 2.05) is 30.3 Å². The van der Waals surface area contributed by atoms with Crippen LogP contribution in [0.5, 0.6) is 0 Å². The second-order valence-electron chi connectivity index (χ2n) is 5.47. The molecule has 8 heteroatoms. The summed E-state index contributed by atoms with van der Waals surface area (Å²) in [5.74, 6) is -0.976. The van der Waals surface area contributed by atoms with Gasteiger partial charge in [-0.15, -0.1) is 5.10 Å². The first-order chi connectivity index (χ1) is 12.6. The number of aromatic nitrogens is 3. The van der Waals surface area contributed by atoms with Crippen molar-refractivity contribution in [1.82, 2.24) is 20.3 Å². The minimum atomic E-state index is -0.527. The molecule has 2 aromatic carbocycles. The number of nitrogens with one attached hydrogen (secondary N) is 1. The van der Waals surface area contributed by atoms with E-state index in [1.54, 1.807) is 12.1 Å². The molecule has 6 nitrogen and oxygen atoms in total. The number of amides is 1. The van der Waals surface area contributed by atoms with E-state index >= 15 is 0 Å². The minimum absolute atomic E-state index is 0.103. The third-order valence-corrected chi connectivity index (χ3v) is 4.05. The number of carbonyl (C=O) groups excluding carboxylic acids is 1. The third-order valence-electron chi connectivity index (χ3n) is 3.76. The number of anilines is 1. The van der Waals surface area contributed by atoms with E-state index in [4.69, 9.17) is 12.2 Å². The maximum absolute atomic E-state index is 14.0. The van der Waals surface area contributed by atoms with Gasteiger partial charge in [0.25, 0.3) is 5.91 Å². The molecule has 3 aromatic rings. The van der Waals surface area contributed by atoms with Gasteiger partial charge in [0.2, 0.25) is 0 Å². The third kappa shape index (κ3) is 2.86. The molecule has 0 unspecified atom stereocenters. The Hall–Kier alpha value is -3.39. The van der Waals surface area contributed by atoms with Crippen molar-refractivity contribution in [2.45, 2.75) is 0 Å². The van der Waals surface area contributed by atoms with Gasteiger partial charge in [-0.1, -0.05) is 30.3 Å². The van der Waals surface area contributed by atoms with E-state index in [1.165, 1.54) is 29.2 Å². The first-order valence-corrected chi connectivity index (χ1v) is 8.14. The molecule has 0 aliphatic carbocycles.